The van der Waals surface area contributed by atoms with E-state index >= 15 is 0 Å². The summed E-state index contributed by atoms with van der Waals surface area (Å²) in [6.45, 7) is 0.856. The summed E-state index contributed by atoms with van der Waals surface area (Å²) in [5.74, 6) is -0.0427. The first kappa shape index (κ1) is 18.6. The van der Waals surface area contributed by atoms with Crippen molar-refractivity contribution in [2.45, 2.75) is 24.3 Å². The molecule has 1 heterocycles. The molecule has 0 saturated heterocycles. The van der Waals surface area contributed by atoms with Crippen molar-refractivity contribution in [2.24, 2.45) is 0 Å². The highest BCUT2D eigenvalue weighted by Crippen LogP contribution is 2.27. The smallest absolute Gasteiger partial charge is 0.243 e. The van der Waals surface area contributed by atoms with Gasteiger partial charge in [0.05, 0.1) is 11.5 Å². The summed E-state index contributed by atoms with van der Waals surface area (Å²) in [4.78, 5) is 11.7. The summed E-state index contributed by atoms with van der Waals surface area (Å²) in [6, 6.07) is 14.3. The van der Waals surface area contributed by atoms with Crippen molar-refractivity contribution in [2.75, 3.05) is 25.6 Å². The normalized spacial score (nSPS) is 14.2. The van der Waals surface area contributed by atoms with Crippen molar-refractivity contribution in [3.8, 4) is 0 Å². The van der Waals surface area contributed by atoms with E-state index in [4.69, 9.17) is 4.74 Å². The molecule has 0 spiro atoms. The number of fused-ring (bicyclic) bond motifs is 1. The molecule has 0 bridgehead atoms. The number of methoxy groups -OCH3 is 1. The molecule has 0 aliphatic carbocycles. The average Bonchev–Trinajstić information content (AvgIpc) is 2.65. The van der Waals surface area contributed by atoms with Gasteiger partial charge in [-0.1, -0.05) is 30.3 Å². The molecular formula is C19H22N2O4S. The topological polar surface area (TPSA) is 75.7 Å². The van der Waals surface area contributed by atoms with E-state index in [-0.39, 0.29) is 23.9 Å². The Labute approximate surface area is 153 Å². The maximum Gasteiger partial charge on any atom is 0.243 e. The summed E-state index contributed by atoms with van der Waals surface area (Å²) >= 11 is 0. The van der Waals surface area contributed by atoms with Crippen LogP contribution >= 0.6 is 0 Å². The van der Waals surface area contributed by atoms with Crippen LogP contribution in [0.2, 0.25) is 0 Å². The zero-order valence-corrected chi connectivity index (χ0v) is 15.5. The standard InChI is InChI=1S/C19H22N2O4S/c1-25-12-11-21(14-15-5-3-2-4-6-15)26(23,24)17-8-9-18-16(13-17)7-10-19(22)20-18/h2-6,8-9,13H,7,10-12,14H2,1H3,(H,20,22). The van der Waals surface area contributed by atoms with Gasteiger partial charge in [0.2, 0.25) is 15.9 Å². The third kappa shape index (κ3) is 4.12. The van der Waals surface area contributed by atoms with Gasteiger partial charge in [0.15, 0.2) is 0 Å². The van der Waals surface area contributed by atoms with E-state index in [1.165, 1.54) is 4.31 Å². The molecular weight excluding hydrogens is 352 g/mol. The predicted octanol–water partition coefficient (Wildman–Crippen LogP) is 2.41. The molecule has 0 radical (unpaired) electrons. The first-order valence-electron chi connectivity index (χ1n) is 8.46. The highest BCUT2D eigenvalue weighted by molar-refractivity contribution is 7.89. The minimum atomic E-state index is -3.68. The Bertz CT molecular complexity index is 882. The Kier molecular flexibility index (Phi) is 5.70. The quantitative estimate of drug-likeness (QED) is 0.808. The summed E-state index contributed by atoms with van der Waals surface area (Å²) in [5.41, 5.74) is 2.45. The van der Waals surface area contributed by atoms with Gasteiger partial charge in [0, 0.05) is 32.3 Å². The number of nitrogens with zero attached hydrogens (tertiary/aromatic N) is 1. The Hall–Kier alpha value is -2.22. The first-order chi connectivity index (χ1) is 12.5. The van der Waals surface area contributed by atoms with Crippen LogP contribution in [0.15, 0.2) is 53.4 Å². The van der Waals surface area contributed by atoms with Crippen LogP contribution in [-0.4, -0.2) is 38.9 Å². The molecule has 2 aromatic carbocycles. The fourth-order valence-electron chi connectivity index (χ4n) is 2.93. The van der Waals surface area contributed by atoms with E-state index in [1.807, 2.05) is 30.3 Å². The number of hydrogen-bond donors (Lipinski definition) is 1. The molecule has 1 aliphatic heterocycles. The minimum Gasteiger partial charge on any atom is -0.383 e. The van der Waals surface area contributed by atoms with Crippen LogP contribution in [0.4, 0.5) is 5.69 Å². The molecule has 0 saturated carbocycles. The van der Waals surface area contributed by atoms with Gasteiger partial charge in [-0.05, 0) is 35.7 Å². The molecule has 6 nitrogen and oxygen atoms in total. The number of aryl methyl sites for hydroxylation is 1. The molecule has 1 N–H and O–H groups in total. The van der Waals surface area contributed by atoms with Crippen molar-refractivity contribution in [3.63, 3.8) is 0 Å². The monoisotopic (exact) mass is 374 g/mol. The number of carbonyl (C=O) groups excluding carboxylic acids is 1. The van der Waals surface area contributed by atoms with Gasteiger partial charge in [-0.2, -0.15) is 4.31 Å². The first-order valence-corrected chi connectivity index (χ1v) is 9.90. The van der Waals surface area contributed by atoms with Crippen LogP contribution in [0.5, 0.6) is 0 Å². The maximum absolute atomic E-state index is 13.2. The van der Waals surface area contributed by atoms with Crippen molar-refractivity contribution >= 4 is 21.6 Å². The van der Waals surface area contributed by atoms with Gasteiger partial charge in [-0.25, -0.2) is 8.42 Å². The van der Waals surface area contributed by atoms with E-state index in [1.54, 1.807) is 25.3 Å². The number of amides is 1. The second-order valence-corrected chi connectivity index (χ2v) is 8.12. The molecule has 1 aliphatic rings. The summed E-state index contributed by atoms with van der Waals surface area (Å²) < 4.78 is 32.9. The fraction of sp³-hybridized carbons (Fsp3) is 0.316. The third-order valence-corrected chi connectivity index (χ3v) is 6.20. The number of benzene rings is 2. The highest BCUT2D eigenvalue weighted by atomic mass is 32.2. The second-order valence-electron chi connectivity index (χ2n) is 6.18. The number of sulfonamides is 1. The lowest BCUT2D eigenvalue weighted by atomic mass is 10.0. The fourth-order valence-corrected chi connectivity index (χ4v) is 4.40. The largest absolute Gasteiger partial charge is 0.383 e. The minimum absolute atomic E-state index is 0.0427. The van der Waals surface area contributed by atoms with Crippen LogP contribution in [0, 0.1) is 0 Å². The Morgan fingerprint density at radius 2 is 1.88 bits per heavy atom. The number of ether oxygens (including phenoxy) is 1. The van der Waals surface area contributed by atoms with Gasteiger partial charge in [-0.15, -0.1) is 0 Å². The zero-order valence-electron chi connectivity index (χ0n) is 14.6. The lowest BCUT2D eigenvalue weighted by Gasteiger charge is -2.23. The molecule has 0 aromatic heterocycles. The molecule has 138 valence electrons. The number of anilines is 1. The van der Waals surface area contributed by atoms with Crippen molar-refractivity contribution in [1.82, 2.24) is 4.31 Å². The SMILES string of the molecule is COCCN(Cc1ccccc1)S(=O)(=O)c1ccc2c(c1)CCC(=O)N2. The van der Waals surface area contributed by atoms with E-state index in [9.17, 15) is 13.2 Å². The molecule has 3 rings (SSSR count). The summed E-state index contributed by atoms with van der Waals surface area (Å²) in [5, 5.41) is 2.77. The maximum atomic E-state index is 13.2. The van der Waals surface area contributed by atoms with E-state index in [2.05, 4.69) is 5.32 Å². The van der Waals surface area contributed by atoms with Crippen LogP contribution < -0.4 is 5.32 Å². The summed E-state index contributed by atoms with van der Waals surface area (Å²) in [6.07, 6.45) is 0.912. The third-order valence-electron chi connectivity index (χ3n) is 4.36. The van der Waals surface area contributed by atoms with Gasteiger partial charge < -0.3 is 10.1 Å². The lowest BCUT2D eigenvalue weighted by molar-refractivity contribution is -0.116. The van der Waals surface area contributed by atoms with Gasteiger partial charge >= 0.3 is 0 Å². The zero-order chi connectivity index (χ0) is 18.6. The average molecular weight is 374 g/mol. The van der Waals surface area contributed by atoms with Crippen molar-refractivity contribution in [1.29, 1.82) is 0 Å². The van der Waals surface area contributed by atoms with E-state index < -0.39 is 10.0 Å². The Morgan fingerprint density at radius 3 is 2.62 bits per heavy atom. The number of nitrogens with one attached hydrogen (secondary N) is 1. The molecule has 26 heavy (non-hydrogen) atoms. The molecule has 7 heteroatoms. The van der Waals surface area contributed by atoms with E-state index in [0.717, 1.165) is 11.1 Å². The Morgan fingerprint density at radius 1 is 1.12 bits per heavy atom. The van der Waals surface area contributed by atoms with Gasteiger partial charge in [0.1, 0.15) is 0 Å². The molecule has 0 atom stereocenters. The molecule has 0 fully saturated rings. The van der Waals surface area contributed by atoms with Crippen molar-refractivity contribution in [3.05, 3.63) is 59.7 Å². The van der Waals surface area contributed by atoms with Crippen LogP contribution in [0.1, 0.15) is 17.5 Å². The Balaban J connectivity index is 1.90. The lowest BCUT2D eigenvalue weighted by Crippen LogP contribution is -2.33. The van der Waals surface area contributed by atoms with Crippen LogP contribution in [0.3, 0.4) is 0 Å². The number of carbonyl (C=O) groups is 1. The second kappa shape index (κ2) is 7.99. The summed E-state index contributed by atoms with van der Waals surface area (Å²) in [7, 11) is -2.13. The van der Waals surface area contributed by atoms with Crippen molar-refractivity contribution < 1.29 is 17.9 Å². The molecule has 0 unspecified atom stereocenters. The molecule has 1 amide bonds. The van der Waals surface area contributed by atoms with Gasteiger partial charge in [-0.3, -0.25) is 4.79 Å². The van der Waals surface area contributed by atoms with Crippen LogP contribution in [-0.2, 0) is 32.5 Å². The molecule has 2 aromatic rings. The van der Waals surface area contributed by atoms with E-state index in [0.29, 0.717) is 25.1 Å². The van der Waals surface area contributed by atoms with Gasteiger partial charge in [0.25, 0.3) is 0 Å². The number of hydrogen-bond acceptors (Lipinski definition) is 4. The predicted molar refractivity (Wildman–Crippen MR) is 99.3 cm³/mol. The number of rotatable bonds is 7. The highest BCUT2D eigenvalue weighted by Gasteiger charge is 2.26. The van der Waals surface area contributed by atoms with Crippen LogP contribution in [0.25, 0.3) is 0 Å².